The fourth-order valence-electron chi connectivity index (χ4n) is 1.74. The summed E-state index contributed by atoms with van der Waals surface area (Å²) >= 11 is 0. The smallest absolute Gasteiger partial charge is 0.391 e. The van der Waals surface area contributed by atoms with E-state index in [9.17, 15) is 22.8 Å². The van der Waals surface area contributed by atoms with E-state index in [1.165, 1.54) is 7.11 Å². The third kappa shape index (κ3) is 3.34. The molecule has 0 bridgehead atoms. The van der Waals surface area contributed by atoms with E-state index < -0.39 is 36.1 Å². The minimum absolute atomic E-state index is 0.383. The van der Waals surface area contributed by atoms with Crippen molar-refractivity contribution >= 4 is 11.9 Å². The maximum absolute atomic E-state index is 12.1. The Labute approximate surface area is 101 Å². The Morgan fingerprint density at radius 1 is 1.44 bits per heavy atom. The standard InChI is InChI=1S/C10H14F3NO4/c1-18-9(3-2-4-9)8(17)14-6(7(15)16)5-10(11,12)13/h6H,2-5H2,1H3,(H,14,17)(H,15,16). The number of methoxy groups -OCH3 is 1. The number of nitrogens with one attached hydrogen (secondary N) is 1. The first kappa shape index (κ1) is 14.7. The summed E-state index contributed by atoms with van der Waals surface area (Å²) in [5.41, 5.74) is -1.17. The van der Waals surface area contributed by atoms with Crippen LogP contribution in [-0.4, -0.2) is 41.9 Å². The first-order valence-corrected chi connectivity index (χ1v) is 5.36. The van der Waals surface area contributed by atoms with Crippen molar-refractivity contribution in [2.75, 3.05) is 7.11 Å². The molecule has 1 rings (SSSR count). The van der Waals surface area contributed by atoms with Crippen LogP contribution in [0.1, 0.15) is 25.7 Å². The van der Waals surface area contributed by atoms with Crippen LogP contribution in [0.2, 0.25) is 0 Å². The van der Waals surface area contributed by atoms with Gasteiger partial charge in [-0.05, 0) is 19.3 Å². The van der Waals surface area contributed by atoms with E-state index in [1.807, 2.05) is 5.32 Å². The number of ether oxygens (including phenoxy) is 1. The highest BCUT2D eigenvalue weighted by Crippen LogP contribution is 2.35. The second kappa shape index (κ2) is 5.13. The number of halogens is 3. The van der Waals surface area contributed by atoms with Gasteiger partial charge in [-0.2, -0.15) is 13.2 Å². The predicted molar refractivity (Wildman–Crippen MR) is 53.8 cm³/mol. The molecule has 8 heteroatoms. The van der Waals surface area contributed by atoms with Crippen LogP contribution in [0, 0.1) is 0 Å². The van der Waals surface area contributed by atoms with Gasteiger partial charge < -0.3 is 15.2 Å². The Hall–Kier alpha value is -1.31. The Bertz CT molecular complexity index is 333. The van der Waals surface area contributed by atoms with Gasteiger partial charge in [0.05, 0.1) is 6.42 Å². The number of amides is 1. The summed E-state index contributed by atoms with van der Waals surface area (Å²) in [7, 11) is 1.28. The normalized spacial score (nSPS) is 19.8. The molecule has 1 saturated carbocycles. The van der Waals surface area contributed by atoms with Gasteiger partial charge in [0.25, 0.3) is 5.91 Å². The second-order valence-corrected chi connectivity index (χ2v) is 4.24. The lowest BCUT2D eigenvalue weighted by molar-refractivity contribution is -0.167. The number of carboxylic acid groups (broad SMARTS) is 1. The van der Waals surface area contributed by atoms with Gasteiger partial charge in [0, 0.05) is 7.11 Å². The van der Waals surface area contributed by atoms with Crippen LogP contribution in [0.15, 0.2) is 0 Å². The van der Waals surface area contributed by atoms with Crippen molar-refractivity contribution in [1.29, 1.82) is 0 Å². The topological polar surface area (TPSA) is 75.6 Å². The van der Waals surface area contributed by atoms with E-state index in [4.69, 9.17) is 9.84 Å². The minimum Gasteiger partial charge on any atom is -0.480 e. The largest absolute Gasteiger partial charge is 0.480 e. The van der Waals surface area contributed by atoms with Gasteiger partial charge in [-0.1, -0.05) is 0 Å². The van der Waals surface area contributed by atoms with Gasteiger partial charge in [0.15, 0.2) is 0 Å². The third-order valence-corrected chi connectivity index (χ3v) is 3.00. The summed E-state index contributed by atoms with van der Waals surface area (Å²) in [4.78, 5) is 22.4. The van der Waals surface area contributed by atoms with Gasteiger partial charge in [-0.25, -0.2) is 4.79 Å². The number of carboxylic acids is 1. The summed E-state index contributed by atoms with van der Waals surface area (Å²) in [6.45, 7) is 0. The van der Waals surface area contributed by atoms with Crippen molar-refractivity contribution in [2.24, 2.45) is 0 Å². The first-order chi connectivity index (χ1) is 8.20. The molecule has 1 fully saturated rings. The molecule has 0 saturated heterocycles. The lowest BCUT2D eigenvalue weighted by atomic mass is 9.79. The summed E-state index contributed by atoms with van der Waals surface area (Å²) in [5, 5.41) is 10.5. The maximum atomic E-state index is 12.1. The Morgan fingerprint density at radius 2 is 2.00 bits per heavy atom. The number of rotatable bonds is 5. The first-order valence-electron chi connectivity index (χ1n) is 5.36. The molecule has 0 aromatic rings. The van der Waals surface area contributed by atoms with Crippen LogP contribution in [0.4, 0.5) is 13.2 Å². The summed E-state index contributed by atoms with van der Waals surface area (Å²) in [6.07, 6.45) is -4.77. The van der Waals surface area contributed by atoms with Gasteiger partial charge in [0.1, 0.15) is 11.6 Å². The maximum Gasteiger partial charge on any atom is 0.391 e. The van der Waals surface area contributed by atoms with Crippen molar-refractivity contribution in [3.63, 3.8) is 0 Å². The third-order valence-electron chi connectivity index (χ3n) is 3.00. The summed E-state index contributed by atoms with van der Waals surface area (Å²) in [6, 6.07) is -1.98. The van der Waals surface area contributed by atoms with E-state index in [0.29, 0.717) is 12.8 Å². The molecule has 1 unspecified atom stereocenters. The number of aliphatic carboxylic acids is 1. The van der Waals surface area contributed by atoms with Crippen molar-refractivity contribution in [1.82, 2.24) is 5.32 Å². The van der Waals surface area contributed by atoms with E-state index in [2.05, 4.69) is 0 Å². The molecule has 18 heavy (non-hydrogen) atoms. The quantitative estimate of drug-likeness (QED) is 0.783. The van der Waals surface area contributed by atoms with Crippen LogP contribution in [0.5, 0.6) is 0 Å². The predicted octanol–water partition coefficient (Wildman–Crippen LogP) is 1.08. The van der Waals surface area contributed by atoms with Gasteiger partial charge in [0.2, 0.25) is 0 Å². The highest BCUT2D eigenvalue weighted by Gasteiger charge is 2.46. The van der Waals surface area contributed by atoms with Crippen molar-refractivity contribution in [2.45, 2.75) is 43.5 Å². The number of hydrogen-bond donors (Lipinski definition) is 2. The zero-order valence-electron chi connectivity index (χ0n) is 9.71. The molecule has 0 radical (unpaired) electrons. The summed E-state index contributed by atoms with van der Waals surface area (Å²) in [5.74, 6) is -2.51. The molecule has 1 amide bonds. The lowest BCUT2D eigenvalue weighted by Gasteiger charge is -2.39. The van der Waals surface area contributed by atoms with E-state index in [1.54, 1.807) is 0 Å². The van der Waals surface area contributed by atoms with Crippen LogP contribution in [0.3, 0.4) is 0 Å². The average molecular weight is 269 g/mol. The molecule has 2 N–H and O–H groups in total. The molecule has 0 aromatic heterocycles. The molecule has 0 heterocycles. The molecule has 5 nitrogen and oxygen atoms in total. The number of carbonyl (C=O) groups excluding carboxylic acids is 1. The Balaban J connectivity index is 2.67. The molecule has 0 spiro atoms. The van der Waals surface area contributed by atoms with Crippen LogP contribution >= 0.6 is 0 Å². The summed E-state index contributed by atoms with van der Waals surface area (Å²) < 4.78 is 41.4. The zero-order valence-corrected chi connectivity index (χ0v) is 9.71. The molecule has 1 aliphatic carbocycles. The lowest BCUT2D eigenvalue weighted by Crippen LogP contribution is -2.57. The SMILES string of the molecule is COC1(C(=O)NC(CC(F)(F)F)C(=O)O)CCC1. The zero-order chi connectivity index (χ0) is 14.0. The molecule has 1 atom stereocenters. The Morgan fingerprint density at radius 3 is 2.28 bits per heavy atom. The molecular weight excluding hydrogens is 255 g/mol. The van der Waals surface area contributed by atoms with Gasteiger partial charge in [-0.3, -0.25) is 4.79 Å². The molecule has 0 aromatic carbocycles. The number of alkyl halides is 3. The van der Waals surface area contributed by atoms with Gasteiger partial charge >= 0.3 is 12.1 Å². The number of carbonyl (C=O) groups is 2. The highest BCUT2D eigenvalue weighted by molar-refractivity contribution is 5.90. The van der Waals surface area contributed by atoms with Crippen molar-refractivity contribution in [3.8, 4) is 0 Å². The fraction of sp³-hybridized carbons (Fsp3) is 0.800. The molecule has 0 aliphatic heterocycles. The van der Waals surface area contributed by atoms with Crippen LogP contribution in [0.25, 0.3) is 0 Å². The number of hydrogen-bond acceptors (Lipinski definition) is 3. The van der Waals surface area contributed by atoms with Gasteiger partial charge in [-0.15, -0.1) is 0 Å². The Kier molecular flexibility index (Phi) is 4.20. The fourth-order valence-corrected chi connectivity index (χ4v) is 1.74. The van der Waals surface area contributed by atoms with Crippen LogP contribution in [-0.2, 0) is 14.3 Å². The van der Waals surface area contributed by atoms with Crippen molar-refractivity contribution in [3.05, 3.63) is 0 Å². The highest BCUT2D eigenvalue weighted by atomic mass is 19.4. The second-order valence-electron chi connectivity index (χ2n) is 4.24. The average Bonchev–Trinajstić information content (AvgIpc) is 2.13. The minimum atomic E-state index is -4.66. The molecular formula is C10H14F3NO4. The van der Waals surface area contributed by atoms with Crippen LogP contribution < -0.4 is 5.32 Å². The molecule has 1 aliphatic rings. The van der Waals surface area contributed by atoms with E-state index in [0.717, 1.165) is 6.42 Å². The van der Waals surface area contributed by atoms with E-state index >= 15 is 0 Å². The van der Waals surface area contributed by atoms with Crippen molar-refractivity contribution < 1.29 is 32.6 Å². The van der Waals surface area contributed by atoms with E-state index in [-0.39, 0.29) is 0 Å². The monoisotopic (exact) mass is 269 g/mol. The molecule has 104 valence electrons.